The maximum atomic E-state index is 11.8. The molecule has 2 saturated heterocycles. The second-order valence-corrected chi connectivity index (χ2v) is 8.07. The minimum Gasteiger partial charge on any atom is -0.394 e. The summed E-state index contributed by atoms with van der Waals surface area (Å²) in [5.41, 5.74) is 0. The highest BCUT2D eigenvalue weighted by Crippen LogP contribution is 2.30. The molecular weight excluding hydrogens is 432 g/mol. The summed E-state index contributed by atoms with van der Waals surface area (Å²) in [5, 5.41) is 55.1. The van der Waals surface area contributed by atoms with Gasteiger partial charge in [0, 0.05) is 13.8 Å². The van der Waals surface area contributed by atoms with Gasteiger partial charge in [0.15, 0.2) is 12.6 Å². The van der Waals surface area contributed by atoms with Crippen molar-refractivity contribution in [2.75, 3.05) is 13.2 Å². The lowest BCUT2D eigenvalue weighted by molar-refractivity contribution is -0.327. The summed E-state index contributed by atoms with van der Waals surface area (Å²) in [5.74, 6) is -1.01. The molecule has 0 aliphatic carbocycles. The van der Waals surface area contributed by atoms with Crippen LogP contribution >= 0.6 is 0 Å². The van der Waals surface area contributed by atoms with Crippen molar-refractivity contribution in [2.24, 2.45) is 0 Å². The maximum Gasteiger partial charge on any atom is 0.217 e. The molecule has 0 saturated carbocycles. The van der Waals surface area contributed by atoms with Gasteiger partial charge in [0.05, 0.1) is 25.4 Å². The van der Waals surface area contributed by atoms with Crippen LogP contribution in [0.25, 0.3) is 0 Å². The van der Waals surface area contributed by atoms with Gasteiger partial charge < -0.3 is 55.1 Å². The number of aliphatic hydroxyl groups excluding tert-OH is 5. The summed E-state index contributed by atoms with van der Waals surface area (Å²) < 4.78 is 22.8. The van der Waals surface area contributed by atoms with Crippen LogP contribution in [0, 0.1) is 0 Å². The molecule has 0 aromatic heterocycles. The maximum absolute atomic E-state index is 11.8. The molecule has 2 aliphatic rings. The summed E-state index contributed by atoms with van der Waals surface area (Å²) >= 11 is 0. The van der Waals surface area contributed by atoms with Crippen LogP contribution in [-0.4, -0.2) is 118 Å². The van der Waals surface area contributed by atoms with E-state index in [-0.39, 0.29) is 0 Å². The average Bonchev–Trinajstić information content (AvgIpc) is 2.72. The standard InChI is InChI=1S/C19H34N2O11/c1-7-14(26)16(28)12(20-9(3)24)18(29-7)32-17-13(21-10(4)25)19(30-8(2)15(17)27)31-11(5-22)6-23/h7-8,11-19,22-23,26-28H,5-6H2,1-4H3,(H,20,24)(H,21,25)/t7-,8+,12-,13+,14+,15-,16-,17+,18-,19-/m0/s1. The Balaban J connectivity index is 2.33. The van der Waals surface area contributed by atoms with E-state index in [0.29, 0.717) is 0 Å². The van der Waals surface area contributed by atoms with Gasteiger partial charge >= 0.3 is 0 Å². The first-order chi connectivity index (χ1) is 15.0. The van der Waals surface area contributed by atoms with E-state index in [1.54, 1.807) is 0 Å². The largest absolute Gasteiger partial charge is 0.394 e. The van der Waals surface area contributed by atoms with Crippen LogP contribution in [0.2, 0.25) is 0 Å². The van der Waals surface area contributed by atoms with Gasteiger partial charge in [0.2, 0.25) is 11.8 Å². The van der Waals surface area contributed by atoms with Crippen LogP contribution in [-0.2, 0) is 28.5 Å². The molecule has 0 aromatic rings. The van der Waals surface area contributed by atoms with Crippen LogP contribution in [0.5, 0.6) is 0 Å². The smallest absolute Gasteiger partial charge is 0.217 e. The summed E-state index contributed by atoms with van der Waals surface area (Å²) in [6.45, 7) is 4.43. The highest BCUT2D eigenvalue weighted by molar-refractivity contribution is 5.73. The first-order valence-corrected chi connectivity index (χ1v) is 10.4. The highest BCUT2D eigenvalue weighted by atomic mass is 16.7. The highest BCUT2D eigenvalue weighted by Gasteiger charge is 2.51. The van der Waals surface area contributed by atoms with Crippen molar-refractivity contribution >= 4 is 11.8 Å². The van der Waals surface area contributed by atoms with Crippen molar-refractivity contribution in [1.82, 2.24) is 10.6 Å². The predicted octanol–water partition coefficient (Wildman–Crippen LogP) is -3.68. The minimum absolute atomic E-state index is 0.501. The second kappa shape index (κ2) is 11.6. The summed E-state index contributed by atoms with van der Waals surface area (Å²) in [7, 11) is 0. The van der Waals surface area contributed by atoms with E-state index < -0.39 is 92.4 Å². The number of carbonyl (C=O) groups excluding carboxylic acids is 2. The van der Waals surface area contributed by atoms with Gasteiger partial charge in [0.25, 0.3) is 0 Å². The zero-order valence-corrected chi connectivity index (χ0v) is 18.5. The van der Waals surface area contributed by atoms with Gasteiger partial charge in [0.1, 0.15) is 42.6 Å². The fourth-order valence-electron chi connectivity index (χ4n) is 3.70. The fraction of sp³-hybridized carbons (Fsp3) is 0.895. The molecule has 0 radical (unpaired) electrons. The molecular formula is C19H34N2O11. The summed E-state index contributed by atoms with van der Waals surface area (Å²) in [4.78, 5) is 23.5. The number of carbonyl (C=O) groups is 2. The molecule has 186 valence electrons. The lowest BCUT2D eigenvalue weighted by Gasteiger charge is -2.48. The Morgan fingerprint density at radius 2 is 1.34 bits per heavy atom. The number of aliphatic hydroxyl groups is 5. The van der Waals surface area contributed by atoms with Crippen molar-refractivity contribution in [2.45, 2.75) is 95.1 Å². The average molecular weight is 466 g/mol. The molecule has 13 nitrogen and oxygen atoms in total. The van der Waals surface area contributed by atoms with E-state index in [0.717, 1.165) is 0 Å². The van der Waals surface area contributed by atoms with Gasteiger partial charge in [-0.05, 0) is 13.8 Å². The predicted molar refractivity (Wildman–Crippen MR) is 106 cm³/mol. The molecule has 2 amide bonds. The molecule has 0 bridgehead atoms. The van der Waals surface area contributed by atoms with Crippen LogP contribution in [0.4, 0.5) is 0 Å². The van der Waals surface area contributed by atoms with E-state index in [4.69, 9.17) is 18.9 Å². The SMILES string of the molecule is CC(=O)N[C@@H]1[C@H](O[C@H]2[C@@H](O)[C@@H](C)O[C@@H](OC(CO)CO)[C@@H]2NC(C)=O)O[C@@H](C)[C@@H](O)[C@H]1O. The second-order valence-electron chi connectivity index (χ2n) is 8.07. The molecule has 2 aliphatic heterocycles. The molecule has 2 heterocycles. The molecule has 0 spiro atoms. The number of ether oxygens (including phenoxy) is 4. The molecule has 2 fully saturated rings. The van der Waals surface area contributed by atoms with Crippen molar-refractivity contribution in [3.05, 3.63) is 0 Å². The third-order valence-corrected chi connectivity index (χ3v) is 5.42. The monoisotopic (exact) mass is 466 g/mol. The zero-order valence-electron chi connectivity index (χ0n) is 18.5. The van der Waals surface area contributed by atoms with E-state index in [1.807, 2.05) is 0 Å². The van der Waals surface area contributed by atoms with Gasteiger partial charge in [-0.25, -0.2) is 0 Å². The van der Waals surface area contributed by atoms with Crippen LogP contribution in [0.1, 0.15) is 27.7 Å². The van der Waals surface area contributed by atoms with Crippen molar-refractivity contribution in [3.8, 4) is 0 Å². The number of hydrogen-bond donors (Lipinski definition) is 7. The number of rotatable bonds is 8. The lowest BCUT2D eigenvalue weighted by Crippen LogP contribution is -2.69. The van der Waals surface area contributed by atoms with Gasteiger partial charge in [-0.2, -0.15) is 0 Å². The Bertz CT molecular complexity index is 634. The van der Waals surface area contributed by atoms with Gasteiger partial charge in [-0.1, -0.05) is 0 Å². The van der Waals surface area contributed by atoms with Crippen LogP contribution in [0.3, 0.4) is 0 Å². The Morgan fingerprint density at radius 3 is 1.88 bits per heavy atom. The molecule has 0 aromatic carbocycles. The molecule has 13 heteroatoms. The first kappa shape index (κ1) is 26.8. The van der Waals surface area contributed by atoms with Crippen molar-refractivity contribution in [3.63, 3.8) is 0 Å². The Hall–Kier alpha value is -1.42. The number of hydrogen-bond acceptors (Lipinski definition) is 11. The normalized spacial score (nSPS) is 40.2. The van der Waals surface area contributed by atoms with Crippen molar-refractivity contribution in [1.29, 1.82) is 0 Å². The topological polar surface area (TPSA) is 196 Å². The molecule has 0 unspecified atom stereocenters. The molecule has 32 heavy (non-hydrogen) atoms. The lowest BCUT2D eigenvalue weighted by atomic mass is 9.95. The Labute approximate surface area is 185 Å². The molecule has 10 atom stereocenters. The number of nitrogens with one attached hydrogen (secondary N) is 2. The Kier molecular flexibility index (Phi) is 9.75. The summed E-state index contributed by atoms with van der Waals surface area (Å²) in [6.07, 6.45) is -10.5. The van der Waals surface area contributed by atoms with Crippen molar-refractivity contribution < 1.29 is 54.1 Å². The van der Waals surface area contributed by atoms with E-state index >= 15 is 0 Å². The third-order valence-electron chi connectivity index (χ3n) is 5.42. The van der Waals surface area contributed by atoms with E-state index in [2.05, 4.69) is 10.6 Å². The van der Waals surface area contributed by atoms with Gasteiger partial charge in [-0.15, -0.1) is 0 Å². The van der Waals surface area contributed by atoms with Crippen LogP contribution < -0.4 is 10.6 Å². The summed E-state index contributed by atoms with van der Waals surface area (Å²) in [6, 6.07) is -2.29. The van der Waals surface area contributed by atoms with Gasteiger partial charge in [-0.3, -0.25) is 9.59 Å². The van der Waals surface area contributed by atoms with Crippen LogP contribution in [0.15, 0.2) is 0 Å². The zero-order chi connectivity index (χ0) is 24.2. The molecule has 2 rings (SSSR count). The Morgan fingerprint density at radius 1 is 0.844 bits per heavy atom. The van der Waals surface area contributed by atoms with E-state index in [9.17, 15) is 35.1 Å². The quantitative estimate of drug-likeness (QED) is 0.186. The first-order valence-electron chi connectivity index (χ1n) is 10.4. The molecule has 7 N–H and O–H groups in total. The third kappa shape index (κ3) is 6.34. The number of amides is 2. The fourth-order valence-corrected chi connectivity index (χ4v) is 3.70. The minimum atomic E-state index is -1.43. The van der Waals surface area contributed by atoms with E-state index in [1.165, 1.54) is 27.7 Å².